The summed E-state index contributed by atoms with van der Waals surface area (Å²) >= 11 is 6.05. The van der Waals surface area contributed by atoms with E-state index in [1.807, 2.05) is 4.90 Å². The van der Waals surface area contributed by atoms with Crippen LogP contribution in [0.25, 0.3) is 0 Å². The number of aromatic nitrogens is 1. The first kappa shape index (κ1) is 14.6. The van der Waals surface area contributed by atoms with Gasteiger partial charge in [-0.15, -0.1) is 0 Å². The number of carbonyl (C=O) groups excluding carboxylic acids is 1. The van der Waals surface area contributed by atoms with Gasteiger partial charge in [-0.05, 0) is 32.4 Å². The molecule has 2 unspecified atom stereocenters. The molecular formula is C14H20ClN5O. The maximum Gasteiger partial charge on any atom is 0.255 e. The molecule has 6 nitrogen and oxygen atoms in total. The van der Waals surface area contributed by atoms with Gasteiger partial charge in [0.1, 0.15) is 0 Å². The van der Waals surface area contributed by atoms with Crippen LogP contribution in [-0.4, -0.2) is 52.9 Å². The summed E-state index contributed by atoms with van der Waals surface area (Å²) in [5, 5.41) is 0.358. The third-order valence-corrected chi connectivity index (χ3v) is 4.95. The van der Waals surface area contributed by atoms with Crippen molar-refractivity contribution < 1.29 is 4.79 Å². The molecule has 1 aromatic heterocycles. The number of carbonyl (C=O) groups is 1. The van der Waals surface area contributed by atoms with Crippen molar-refractivity contribution in [2.75, 3.05) is 25.6 Å². The standard InChI is InChI=1S/C14H20ClN5O/c1-19-10-2-3-11(19)8-20(5-4-10)14(21)9-6-12(15)13(18-16)17-7-9/h6-7,10-11H,2-5,8,16H2,1H3,(H,17,18). The maximum absolute atomic E-state index is 12.6. The molecule has 0 spiro atoms. The van der Waals surface area contributed by atoms with Crippen LogP contribution in [0, 0.1) is 0 Å². The normalized spacial score (nSPS) is 25.8. The Balaban J connectivity index is 1.77. The first-order chi connectivity index (χ1) is 10.1. The lowest BCUT2D eigenvalue weighted by molar-refractivity contribution is 0.0740. The number of likely N-dealkylation sites (N-methyl/N-ethyl adjacent to an activating group) is 1. The molecule has 2 fully saturated rings. The number of pyridine rings is 1. The molecule has 1 aromatic rings. The average molecular weight is 310 g/mol. The second-order valence-corrected chi connectivity index (χ2v) is 6.20. The van der Waals surface area contributed by atoms with E-state index in [-0.39, 0.29) is 5.91 Å². The lowest BCUT2D eigenvalue weighted by Crippen LogP contribution is -2.39. The van der Waals surface area contributed by atoms with Gasteiger partial charge >= 0.3 is 0 Å². The monoisotopic (exact) mass is 309 g/mol. The van der Waals surface area contributed by atoms with Gasteiger partial charge in [-0.25, -0.2) is 10.8 Å². The number of halogens is 1. The number of likely N-dealkylation sites (tertiary alicyclic amines) is 1. The quantitative estimate of drug-likeness (QED) is 0.637. The Labute approximate surface area is 129 Å². The summed E-state index contributed by atoms with van der Waals surface area (Å²) in [6, 6.07) is 2.70. The Hall–Kier alpha value is -1.37. The van der Waals surface area contributed by atoms with E-state index in [4.69, 9.17) is 17.4 Å². The van der Waals surface area contributed by atoms with Gasteiger partial charge in [-0.2, -0.15) is 0 Å². The molecule has 3 heterocycles. The number of hydrazine groups is 1. The number of amides is 1. The Morgan fingerprint density at radius 3 is 2.90 bits per heavy atom. The molecule has 2 bridgehead atoms. The van der Waals surface area contributed by atoms with Crippen molar-refractivity contribution >= 4 is 23.3 Å². The van der Waals surface area contributed by atoms with E-state index < -0.39 is 0 Å². The van der Waals surface area contributed by atoms with Crippen LogP contribution >= 0.6 is 11.6 Å². The highest BCUT2D eigenvalue weighted by molar-refractivity contribution is 6.33. The molecule has 0 saturated carbocycles. The third kappa shape index (κ3) is 2.71. The molecule has 0 aromatic carbocycles. The number of hydrogen-bond donors (Lipinski definition) is 2. The van der Waals surface area contributed by atoms with Crippen molar-refractivity contribution in [2.45, 2.75) is 31.3 Å². The van der Waals surface area contributed by atoms with Crippen molar-refractivity contribution in [1.29, 1.82) is 0 Å². The topological polar surface area (TPSA) is 74.5 Å². The van der Waals surface area contributed by atoms with Gasteiger partial charge in [-0.3, -0.25) is 9.69 Å². The van der Waals surface area contributed by atoms with Gasteiger partial charge in [0.05, 0.1) is 10.6 Å². The molecule has 3 N–H and O–H groups in total. The summed E-state index contributed by atoms with van der Waals surface area (Å²) in [5.41, 5.74) is 2.92. The van der Waals surface area contributed by atoms with E-state index in [9.17, 15) is 4.79 Å². The van der Waals surface area contributed by atoms with Crippen LogP contribution in [0.3, 0.4) is 0 Å². The summed E-state index contributed by atoms with van der Waals surface area (Å²) in [5.74, 6) is 5.67. The van der Waals surface area contributed by atoms with Crippen molar-refractivity contribution in [2.24, 2.45) is 5.84 Å². The SMILES string of the molecule is CN1C2CCC1CN(C(=O)c1cnc(NN)c(Cl)c1)CC2. The Bertz CT molecular complexity index is 552. The number of nitrogen functional groups attached to an aromatic ring is 1. The molecule has 2 aliphatic rings. The van der Waals surface area contributed by atoms with Gasteiger partial charge < -0.3 is 10.3 Å². The zero-order chi connectivity index (χ0) is 15.0. The fraction of sp³-hybridized carbons (Fsp3) is 0.571. The highest BCUT2D eigenvalue weighted by Gasteiger charge is 2.36. The Kier molecular flexibility index (Phi) is 4.01. The van der Waals surface area contributed by atoms with E-state index in [0.717, 1.165) is 19.5 Å². The lowest BCUT2D eigenvalue weighted by atomic mass is 10.1. The summed E-state index contributed by atoms with van der Waals surface area (Å²) in [6.45, 7) is 1.57. The average Bonchev–Trinajstić information content (AvgIpc) is 2.71. The summed E-state index contributed by atoms with van der Waals surface area (Å²) in [7, 11) is 2.16. The minimum Gasteiger partial charge on any atom is -0.337 e. The van der Waals surface area contributed by atoms with Gasteiger partial charge in [0.15, 0.2) is 5.82 Å². The summed E-state index contributed by atoms with van der Waals surface area (Å²) in [4.78, 5) is 21.1. The molecule has 114 valence electrons. The predicted octanol–water partition coefficient (Wildman–Crippen LogP) is 1.33. The third-order valence-electron chi connectivity index (χ3n) is 4.66. The molecular weight excluding hydrogens is 290 g/mol. The number of anilines is 1. The Morgan fingerprint density at radius 2 is 2.19 bits per heavy atom. The van der Waals surface area contributed by atoms with E-state index in [1.54, 1.807) is 6.07 Å². The predicted molar refractivity (Wildman–Crippen MR) is 82.2 cm³/mol. The lowest BCUT2D eigenvalue weighted by Gasteiger charge is -2.25. The van der Waals surface area contributed by atoms with Crippen LogP contribution in [0.1, 0.15) is 29.6 Å². The molecule has 7 heteroatoms. The number of hydrogen-bond acceptors (Lipinski definition) is 5. The fourth-order valence-corrected chi connectivity index (χ4v) is 3.56. The summed E-state index contributed by atoms with van der Waals surface area (Å²) < 4.78 is 0. The number of nitrogens with zero attached hydrogens (tertiary/aromatic N) is 3. The van der Waals surface area contributed by atoms with Crippen molar-refractivity contribution in [3.8, 4) is 0 Å². The maximum atomic E-state index is 12.6. The second-order valence-electron chi connectivity index (χ2n) is 5.79. The largest absolute Gasteiger partial charge is 0.337 e. The van der Waals surface area contributed by atoms with Crippen LogP contribution in [0.4, 0.5) is 5.82 Å². The summed E-state index contributed by atoms with van der Waals surface area (Å²) in [6.07, 6.45) is 4.96. The van der Waals surface area contributed by atoms with Gasteiger partial charge in [-0.1, -0.05) is 11.6 Å². The smallest absolute Gasteiger partial charge is 0.255 e. The zero-order valence-corrected chi connectivity index (χ0v) is 12.8. The zero-order valence-electron chi connectivity index (χ0n) is 12.1. The second kappa shape index (κ2) is 5.79. The first-order valence-electron chi connectivity index (χ1n) is 7.23. The van der Waals surface area contributed by atoms with Gasteiger partial charge in [0, 0.05) is 31.4 Å². The highest BCUT2D eigenvalue weighted by Crippen LogP contribution is 2.29. The van der Waals surface area contributed by atoms with Crippen LogP contribution in [0.2, 0.25) is 5.02 Å². The first-order valence-corrected chi connectivity index (χ1v) is 7.61. The van der Waals surface area contributed by atoms with E-state index >= 15 is 0 Å². The molecule has 3 rings (SSSR count). The molecule has 2 saturated heterocycles. The minimum absolute atomic E-state index is 0.00563. The highest BCUT2D eigenvalue weighted by atomic mass is 35.5. The van der Waals surface area contributed by atoms with Gasteiger partial charge in [0.25, 0.3) is 5.91 Å². The van der Waals surface area contributed by atoms with Crippen molar-refractivity contribution in [3.05, 3.63) is 22.8 Å². The fourth-order valence-electron chi connectivity index (χ4n) is 3.34. The van der Waals surface area contributed by atoms with E-state index in [0.29, 0.717) is 28.5 Å². The number of fused-ring (bicyclic) bond motifs is 2. The van der Waals surface area contributed by atoms with Crippen LogP contribution in [-0.2, 0) is 0 Å². The van der Waals surface area contributed by atoms with Crippen LogP contribution in [0.5, 0.6) is 0 Å². The molecule has 0 radical (unpaired) electrons. The van der Waals surface area contributed by atoms with Crippen molar-refractivity contribution in [1.82, 2.24) is 14.8 Å². The molecule has 0 aliphatic carbocycles. The molecule has 2 atom stereocenters. The number of nitrogens with one attached hydrogen (secondary N) is 1. The molecule has 2 aliphatic heterocycles. The van der Waals surface area contributed by atoms with E-state index in [1.165, 1.54) is 19.0 Å². The Morgan fingerprint density at radius 1 is 1.43 bits per heavy atom. The number of rotatable bonds is 2. The minimum atomic E-state index is -0.00563. The molecule has 1 amide bonds. The van der Waals surface area contributed by atoms with Crippen molar-refractivity contribution in [3.63, 3.8) is 0 Å². The van der Waals surface area contributed by atoms with Gasteiger partial charge in [0.2, 0.25) is 0 Å². The van der Waals surface area contributed by atoms with Crippen LogP contribution in [0.15, 0.2) is 12.3 Å². The number of nitrogens with two attached hydrogens (primary N) is 1. The van der Waals surface area contributed by atoms with Crippen LogP contribution < -0.4 is 11.3 Å². The van der Waals surface area contributed by atoms with E-state index in [2.05, 4.69) is 22.4 Å². The molecule has 21 heavy (non-hydrogen) atoms.